The molecule has 2 fully saturated rings. The normalized spacial score (nSPS) is 32.8. The van der Waals surface area contributed by atoms with Crippen molar-refractivity contribution in [1.82, 2.24) is 10.2 Å². The van der Waals surface area contributed by atoms with E-state index in [0.717, 1.165) is 37.4 Å². The Labute approximate surface area is 123 Å². The summed E-state index contributed by atoms with van der Waals surface area (Å²) in [5, 5.41) is 3.79. The van der Waals surface area contributed by atoms with Crippen LogP contribution in [0.5, 0.6) is 0 Å². The van der Waals surface area contributed by atoms with Gasteiger partial charge in [-0.2, -0.15) is 0 Å². The zero-order valence-electron chi connectivity index (χ0n) is 11.7. The summed E-state index contributed by atoms with van der Waals surface area (Å²) in [6.45, 7) is 4.83. The van der Waals surface area contributed by atoms with Crippen LogP contribution in [-0.4, -0.2) is 34.3 Å². The fourth-order valence-electron chi connectivity index (χ4n) is 2.98. The van der Waals surface area contributed by atoms with Gasteiger partial charge in [-0.15, -0.1) is 0 Å². The maximum absolute atomic E-state index is 12.6. The Morgan fingerprint density at radius 1 is 1.42 bits per heavy atom. The first kappa shape index (κ1) is 14.8. The SMILES string of the molecule is CCC(CBr)CN1C(=O)NC2(CCC(C)CC2)C1=O. The van der Waals surface area contributed by atoms with Crippen LogP contribution in [0.3, 0.4) is 0 Å². The van der Waals surface area contributed by atoms with Crippen LogP contribution in [0.1, 0.15) is 46.0 Å². The average molecular weight is 331 g/mol. The summed E-state index contributed by atoms with van der Waals surface area (Å²) in [6.07, 6.45) is 4.60. The van der Waals surface area contributed by atoms with Crippen LogP contribution in [-0.2, 0) is 4.79 Å². The quantitative estimate of drug-likeness (QED) is 0.636. The number of amides is 3. The van der Waals surface area contributed by atoms with Gasteiger partial charge in [-0.05, 0) is 37.5 Å². The van der Waals surface area contributed by atoms with Crippen LogP contribution in [0.4, 0.5) is 4.79 Å². The summed E-state index contributed by atoms with van der Waals surface area (Å²) < 4.78 is 0. The number of nitrogens with zero attached hydrogens (tertiary/aromatic N) is 1. The van der Waals surface area contributed by atoms with Crippen molar-refractivity contribution in [2.75, 3.05) is 11.9 Å². The van der Waals surface area contributed by atoms with E-state index in [1.165, 1.54) is 4.90 Å². The van der Waals surface area contributed by atoms with Crippen LogP contribution in [0.15, 0.2) is 0 Å². The highest BCUT2D eigenvalue weighted by atomic mass is 79.9. The predicted octanol–water partition coefficient (Wildman–Crippen LogP) is 2.91. The van der Waals surface area contributed by atoms with Gasteiger partial charge < -0.3 is 5.32 Å². The molecule has 108 valence electrons. The number of hydrogen-bond acceptors (Lipinski definition) is 2. The molecule has 19 heavy (non-hydrogen) atoms. The van der Waals surface area contributed by atoms with Crippen molar-refractivity contribution >= 4 is 27.9 Å². The third kappa shape index (κ3) is 2.81. The largest absolute Gasteiger partial charge is 0.325 e. The minimum absolute atomic E-state index is 0.00352. The lowest BCUT2D eigenvalue weighted by atomic mass is 9.77. The molecule has 0 aromatic rings. The molecular weight excluding hydrogens is 308 g/mol. The molecule has 1 aliphatic heterocycles. The number of urea groups is 1. The molecule has 1 atom stereocenters. The van der Waals surface area contributed by atoms with E-state index in [1.807, 2.05) is 0 Å². The Morgan fingerprint density at radius 3 is 2.58 bits per heavy atom. The lowest BCUT2D eigenvalue weighted by Gasteiger charge is -2.33. The maximum atomic E-state index is 12.6. The first-order valence-corrected chi connectivity index (χ1v) is 8.34. The molecule has 2 rings (SSSR count). The van der Waals surface area contributed by atoms with E-state index in [0.29, 0.717) is 18.4 Å². The van der Waals surface area contributed by atoms with E-state index in [1.54, 1.807) is 0 Å². The Morgan fingerprint density at radius 2 is 2.05 bits per heavy atom. The van der Waals surface area contributed by atoms with Gasteiger partial charge in [-0.1, -0.05) is 36.2 Å². The molecule has 5 heteroatoms. The number of rotatable bonds is 4. The molecule has 1 spiro atoms. The Bertz CT molecular complexity index is 360. The third-order valence-electron chi connectivity index (χ3n) is 4.61. The summed E-state index contributed by atoms with van der Waals surface area (Å²) in [5.41, 5.74) is -0.589. The van der Waals surface area contributed by atoms with Gasteiger partial charge in [0.05, 0.1) is 0 Å². The molecule has 1 saturated heterocycles. The first-order valence-electron chi connectivity index (χ1n) is 7.22. The van der Waals surface area contributed by atoms with Crippen LogP contribution < -0.4 is 5.32 Å². The van der Waals surface area contributed by atoms with E-state index in [2.05, 4.69) is 35.1 Å². The molecule has 1 heterocycles. The fourth-order valence-corrected chi connectivity index (χ4v) is 3.64. The van der Waals surface area contributed by atoms with Gasteiger partial charge in [0.25, 0.3) is 5.91 Å². The molecule has 0 aromatic carbocycles. The zero-order valence-corrected chi connectivity index (χ0v) is 13.3. The number of carbonyl (C=O) groups is 2. The van der Waals surface area contributed by atoms with Crippen LogP contribution >= 0.6 is 15.9 Å². The van der Waals surface area contributed by atoms with E-state index in [4.69, 9.17) is 0 Å². The molecular formula is C14H23BrN2O2. The van der Waals surface area contributed by atoms with Crippen molar-refractivity contribution in [3.05, 3.63) is 0 Å². The van der Waals surface area contributed by atoms with Crippen molar-refractivity contribution in [3.8, 4) is 0 Å². The number of hydrogen-bond donors (Lipinski definition) is 1. The van der Waals surface area contributed by atoms with Gasteiger partial charge in [-0.3, -0.25) is 9.69 Å². The van der Waals surface area contributed by atoms with E-state index in [-0.39, 0.29) is 11.9 Å². The minimum Gasteiger partial charge on any atom is -0.323 e. The standard InChI is InChI=1S/C14H23BrN2O2/c1-3-11(8-15)9-17-12(18)14(16-13(17)19)6-4-10(2)5-7-14/h10-11H,3-9H2,1-2H3,(H,16,19). The molecule has 4 nitrogen and oxygen atoms in total. The fraction of sp³-hybridized carbons (Fsp3) is 0.857. The zero-order chi connectivity index (χ0) is 14.0. The summed E-state index contributed by atoms with van der Waals surface area (Å²) in [4.78, 5) is 26.1. The van der Waals surface area contributed by atoms with Crippen molar-refractivity contribution in [2.45, 2.75) is 51.5 Å². The van der Waals surface area contributed by atoms with Crippen molar-refractivity contribution < 1.29 is 9.59 Å². The van der Waals surface area contributed by atoms with E-state index < -0.39 is 5.54 Å². The van der Waals surface area contributed by atoms with Crippen molar-refractivity contribution in [1.29, 1.82) is 0 Å². The van der Waals surface area contributed by atoms with Crippen molar-refractivity contribution in [2.24, 2.45) is 11.8 Å². The number of nitrogens with one attached hydrogen (secondary N) is 1. The lowest BCUT2D eigenvalue weighted by molar-refractivity contribution is -0.133. The van der Waals surface area contributed by atoms with Crippen molar-refractivity contribution in [3.63, 3.8) is 0 Å². The minimum atomic E-state index is -0.589. The number of halogens is 1. The Hall–Kier alpha value is -0.580. The summed E-state index contributed by atoms with van der Waals surface area (Å²) in [7, 11) is 0. The van der Waals surface area contributed by atoms with Gasteiger partial charge in [0, 0.05) is 11.9 Å². The van der Waals surface area contributed by atoms with E-state index >= 15 is 0 Å². The molecule has 0 aromatic heterocycles. The third-order valence-corrected chi connectivity index (χ3v) is 5.53. The molecule has 1 unspecified atom stereocenters. The second-order valence-corrected chi connectivity index (χ2v) is 6.69. The summed E-state index contributed by atoms with van der Waals surface area (Å²) >= 11 is 3.45. The van der Waals surface area contributed by atoms with Gasteiger partial charge in [0.1, 0.15) is 5.54 Å². The van der Waals surface area contributed by atoms with Gasteiger partial charge in [0.2, 0.25) is 0 Å². The Balaban J connectivity index is 2.08. The average Bonchev–Trinajstić information content (AvgIpc) is 2.63. The maximum Gasteiger partial charge on any atom is 0.325 e. The Kier molecular flexibility index (Phi) is 4.54. The lowest BCUT2D eigenvalue weighted by Crippen LogP contribution is -2.49. The van der Waals surface area contributed by atoms with E-state index in [9.17, 15) is 9.59 Å². The topological polar surface area (TPSA) is 49.4 Å². The number of carbonyl (C=O) groups excluding carboxylic acids is 2. The highest BCUT2D eigenvalue weighted by molar-refractivity contribution is 9.09. The van der Waals surface area contributed by atoms with Gasteiger partial charge in [0.15, 0.2) is 0 Å². The highest BCUT2D eigenvalue weighted by Gasteiger charge is 2.52. The summed E-state index contributed by atoms with van der Waals surface area (Å²) in [5.74, 6) is 1.01. The first-order chi connectivity index (χ1) is 9.02. The number of alkyl halides is 1. The molecule has 1 aliphatic carbocycles. The summed E-state index contributed by atoms with van der Waals surface area (Å²) in [6, 6.07) is -0.195. The van der Waals surface area contributed by atoms with Crippen LogP contribution in [0.25, 0.3) is 0 Å². The van der Waals surface area contributed by atoms with Crippen LogP contribution in [0.2, 0.25) is 0 Å². The number of imide groups is 1. The molecule has 2 aliphatic rings. The second-order valence-electron chi connectivity index (χ2n) is 6.04. The van der Waals surface area contributed by atoms with Crippen LogP contribution in [0, 0.1) is 11.8 Å². The van der Waals surface area contributed by atoms with Gasteiger partial charge >= 0.3 is 6.03 Å². The van der Waals surface area contributed by atoms with Gasteiger partial charge in [-0.25, -0.2) is 4.79 Å². The monoisotopic (exact) mass is 330 g/mol. The smallest absolute Gasteiger partial charge is 0.323 e. The molecule has 3 amide bonds. The highest BCUT2D eigenvalue weighted by Crippen LogP contribution is 2.36. The molecule has 1 N–H and O–H groups in total. The second kappa shape index (κ2) is 5.81. The molecule has 1 saturated carbocycles. The molecule has 0 bridgehead atoms. The predicted molar refractivity (Wildman–Crippen MR) is 78.2 cm³/mol. The molecule has 0 radical (unpaired) electrons.